The van der Waals surface area contributed by atoms with Crippen molar-refractivity contribution in [2.75, 3.05) is 13.2 Å². The van der Waals surface area contributed by atoms with E-state index in [0.717, 1.165) is 0 Å². The van der Waals surface area contributed by atoms with Crippen LogP contribution in [0.3, 0.4) is 0 Å². The van der Waals surface area contributed by atoms with E-state index in [4.69, 9.17) is 10.8 Å². The Kier molecular flexibility index (Phi) is 5.98. The van der Waals surface area contributed by atoms with Gasteiger partial charge < -0.3 is 20.9 Å². The number of rotatable bonds is 6. The van der Waals surface area contributed by atoms with Crippen LogP contribution in [-0.2, 0) is 14.3 Å². The molecule has 94 valence electrons. The predicted molar refractivity (Wildman–Crippen MR) is 58.5 cm³/mol. The predicted octanol–water partition coefficient (Wildman–Crippen LogP) is -0.846. The summed E-state index contributed by atoms with van der Waals surface area (Å²) < 4.78 is 4.63. The highest BCUT2D eigenvalue weighted by Gasteiger charge is 2.28. The molecule has 0 aromatic rings. The average molecular weight is 232 g/mol. The number of esters is 1. The molecule has 16 heavy (non-hydrogen) atoms. The first kappa shape index (κ1) is 14.9. The lowest BCUT2D eigenvalue weighted by atomic mass is 10.0. The molecule has 0 rings (SSSR count). The van der Waals surface area contributed by atoms with Gasteiger partial charge in [0.25, 0.3) is 0 Å². The fourth-order valence-electron chi connectivity index (χ4n) is 1.09. The first-order valence-corrected chi connectivity index (χ1v) is 5.19. The van der Waals surface area contributed by atoms with Crippen molar-refractivity contribution >= 4 is 11.9 Å². The van der Waals surface area contributed by atoms with E-state index in [0.29, 0.717) is 6.42 Å². The summed E-state index contributed by atoms with van der Waals surface area (Å²) in [5.74, 6) is -1.35. The van der Waals surface area contributed by atoms with E-state index in [-0.39, 0.29) is 13.2 Å². The molecule has 0 aromatic heterocycles. The number of carbonyl (C=O) groups is 2. The maximum Gasteiger partial charge on any atom is 0.332 e. The number of carbonyl (C=O) groups excluding carboxylic acids is 2. The zero-order valence-corrected chi connectivity index (χ0v) is 9.95. The number of nitrogens with two attached hydrogens (primary N) is 1. The van der Waals surface area contributed by atoms with Gasteiger partial charge in [-0.15, -0.1) is 0 Å². The van der Waals surface area contributed by atoms with Crippen molar-refractivity contribution < 1.29 is 19.4 Å². The van der Waals surface area contributed by atoms with Gasteiger partial charge in [0, 0.05) is 12.1 Å². The Morgan fingerprint density at radius 3 is 2.50 bits per heavy atom. The molecule has 6 heteroatoms. The number of nitrogens with one attached hydrogen (secondary N) is 1. The van der Waals surface area contributed by atoms with Crippen LogP contribution in [0.5, 0.6) is 0 Å². The molecule has 6 nitrogen and oxygen atoms in total. The molecular weight excluding hydrogens is 212 g/mol. The van der Waals surface area contributed by atoms with E-state index in [2.05, 4.69) is 10.1 Å². The molecular formula is C10H20N2O4. The van der Waals surface area contributed by atoms with Crippen molar-refractivity contribution in [1.82, 2.24) is 5.32 Å². The van der Waals surface area contributed by atoms with E-state index < -0.39 is 23.5 Å². The summed E-state index contributed by atoms with van der Waals surface area (Å²) in [6, 6.07) is -1.32. The van der Waals surface area contributed by atoms with Crippen LogP contribution >= 0.6 is 0 Å². The lowest BCUT2D eigenvalue weighted by molar-refractivity contribution is -0.148. The third kappa shape index (κ3) is 5.09. The fraction of sp³-hybridized carbons (Fsp3) is 0.800. The van der Waals surface area contributed by atoms with Gasteiger partial charge in [0.05, 0.1) is 6.61 Å². The number of aliphatic hydroxyl groups excluding tert-OH is 1. The summed E-state index contributed by atoms with van der Waals surface area (Å²) in [6.07, 6.45) is 0.383. The Hall–Kier alpha value is -1.14. The Bertz CT molecular complexity index is 253. The molecule has 0 saturated carbocycles. The monoisotopic (exact) mass is 232 g/mol. The molecule has 0 aliphatic carbocycles. The van der Waals surface area contributed by atoms with Crippen molar-refractivity contribution in [3.8, 4) is 0 Å². The normalized spacial score (nSPS) is 13.1. The Morgan fingerprint density at radius 2 is 2.06 bits per heavy atom. The summed E-state index contributed by atoms with van der Waals surface area (Å²) in [5.41, 5.74) is 4.80. The van der Waals surface area contributed by atoms with Gasteiger partial charge in [-0.1, -0.05) is 0 Å². The first-order chi connectivity index (χ1) is 7.34. The highest BCUT2D eigenvalue weighted by atomic mass is 16.5. The molecule has 0 aliphatic rings. The van der Waals surface area contributed by atoms with E-state index in [1.165, 1.54) is 0 Å². The standard InChI is InChI=1S/C10H20N2O4/c1-4-16-9(15)7(11)8(14)12-10(2,3)5-6-13/h7,13H,4-6,11H2,1-3H3,(H,12,14). The molecule has 0 aromatic carbocycles. The molecule has 0 bridgehead atoms. The Morgan fingerprint density at radius 1 is 1.50 bits per heavy atom. The van der Waals surface area contributed by atoms with Gasteiger partial charge in [-0.2, -0.15) is 0 Å². The summed E-state index contributed by atoms with van der Waals surface area (Å²) in [7, 11) is 0. The minimum absolute atomic E-state index is 0.0536. The third-order valence-electron chi connectivity index (χ3n) is 2.02. The lowest BCUT2D eigenvalue weighted by Crippen LogP contribution is -2.54. The van der Waals surface area contributed by atoms with E-state index in [1.54, 1.807) is 20.8 Å². The van der Waals surface area contributed by atoms with E-state index in [9.17, 15) is 9.59 Å². The van der Waals surface area contributed by atoms with Crippen molar-refractivity contribution in [1.29, 1.82) is 0 Å². The number of amides is 1. The van der Waals surface area contributed by atoms with E-state index in [1.807, 2.05) is 0 Å². The van der Waals surface area contributed by atoms with Crippen molar-refractivity contribution in [2.45, 2.75) is 38.8 Å². The summed E-state index contributed by atoms with van der Waals surface area (Å²) in [5, 5.41) is 11.3. The van der Waals surface area contributed by atoms with Gasteiger partial charge in [0.2, 0.25) is 5.91 Å². The second-order valence-electron chi connectivity index (χ2n) is 4.08. The zero-order valence-electron chi connectivity index (χ0n) is 9.95. The molecule has 1 amide bonds. The van der Waals surface area contributed by atoms with Gasteiger partial charge in [-0.05, 0) is 27.2 Å². The quantitative estimate of drug-likeness (QED) is 0.409. The minimum atomic E-state index is -1.32. The summed E-state index contributed by atoms with van der Waals surface area (Å²) in [4.78, 5) is 22.7. The molecule has 0 radical (unpaired) electrons. The van der Waals surface area contributed by atoms with Crippen LogP contribution in [-0.4, -0.2) is 41.8 Å². The maximum absolute atomic E-state index is 11.5. The van der Waals surface area contributed by atoms with Crippen molar-refractivity contribution in [3.63, 3.8) is 0 Å². The van der Waals surface area contributed by atoms with Gasteiger partial charge in [-0.25, -0.2) is 4.79 Å². The Balaban J connectivity index is 4.29. The van der Waals surface area contributed by atoms with Gasteiger partial charge in [-0.3, -0.25) is 4.79 Å². The van der Waals surface area contributed by atoms with Crippen LogP contribution < -0.4 is 11.1 Å². The number of hydrogen-bond acceptors (Lipinski definition) is 5. The lowest BCUT2D eigenvalue weighted by Gasteiger charge is -2.26. The van der Waals surface area contributed by atoms with Crippen LogP contribution in [0.25, 0.3) is 0 Å². The largest absolute Gasteiger partial charge is 0.464 e. The fourth-order valence-corrected chi connectivity index (χ4v) is 1.09. The molecule has 1 unspecified atom stereocenters. The molecule has 0 fully saturated rings. The van der Waals surface area contributed by atoms with Crippen LogP contribution in [0.2, 0.25) is 0 Å². The molecule has 0 heterocycles. The smallest absolute Gasteiger partial charge is 0.332 e. The first-order valence-electron chi connectivity index (χ1n) is 5.19. The second kappa shape index (κ2) is 6.44. The molecule has 1 atom stereocenters. The van der Waals surface area contributed by atoms with Gasteiger partial charge in [0.1, 0.15) is 0 Å². The molecule has 0 saturated heterocycles. The SMILES string of the molecule is CCOC(=O)C(N)C(=O)NC(C)(C)CCO. The second-order valence-corrected chi connectivity index (χ2v) is 4.08. The number of ether oxygens (including phenoxy) is 1. The van der Waals surface area contributed by atoms with Crippen LogP contribution in [0.1, 0.15) is 27.2 Å². The average Bonchev–Trinajstić information content (AvgIpc) is 2.15. The summed E-state index contributed by atoms with van der Waals surface area (Å²) >= 11 is 0. The third-order valence-corrected chi connectivity index (χ3v) is 2.02. The molecule has 0 spiro atoms. The number of hydrogen-bond donors (Lipinski definition) is 3. The highest BCUT2D eigenvalue weighted by Crippen LogP contribution is 2.07. The van der Waals surface area contributed by atoms with Gasteiger partial charge >= 0.3 is 5.97 Å². The molecule has 4 N–H and O–H groups in total. The van der Waals surface area contributed by atoms with Crippen LogP contribution in [0.15, 0.2) is 0 Å². The minimum Gasteiger partial charge on any atom is -0.464 e. The zero-order chi connectivity index (χ0) is 12.8. The number of aliphatic hydroxyl groups is 1. The van der Waals surface area contributed by atoms with E-state index >= 15 is 0 Å². The topological polar surface area (TPSA) is 102 Å². The highest BCUT2D eigenvalue weighted by molar-refractivity contribution is 6.01. The van der Waals surface area contributed by atoms with Crippen molar-refractivity contribution in [3.05, 3.63) is 0 Å². The van der Waals surface area contributed by atoms with Gasteiger partial charge in [0.15, 0.2) is 6.04 Å². The van der Waals surface area contributed by atoms with Crippen LogP contribution in [0, 0.1) is 0 Å². The molecule has 0 aliphatic heterocycles. The maximum atomic E-state index is 11.5. The van der Waals surface area contributed by atoms with Crippen LogP contribution in [0.4, 0.5) is 0 Å². The summed E-state index contributed by atoms with van der Waals surface area (Å²) in [6.45, 7) is 5.23. The van der Waals surface area contributed by atoms with Crippen molar-refractivity contribution in [2.24, 2.45) is 5.73 Å². The Labute approximate surface area is 95.1 Å².